The summed E-state index contributed by atoms with van der Waals surface area (Å²) in [5.74, 6) is -2.61. The topological polar surface area (TPSA) is 115 Å². The summed E-state index contributed by atoms with van der Waals surface area (Å²) in [6, 6.07) is 17.8. The Labute approximate surface area is 208 Å². The number of nitriles is 2. The van der Waals surface area contributed by atoms with E-state index in [0.717, 1.165) is 5.56 Å². The Bertz CT molecular complexity index is 1120. The van der Waals surface area contributed by atoms with Gasteiger partial charge in [0.15, 0.2) is 0 Å². The average molecular weight is 475 g/mol. The highest BCUT2D eigenvalue weighted by atomic mass is 16.5. The highest BCUT2D eigenvalue weighted by Crippen LogP contribution is 2.31. The number of ether oxygens (including phenoxy) is 1. The lowest BCUT2D eigenvalue weighted by Gasteiger charge is -2.35. The van der Waals surface area contributed by atoms with Crippen LogP contribution < -0.4 is 15.4 Å². The maximum atomic E-state index is 13.5. The van der Waals surface area contributed by atoms with Crippen molar-refractivity contribution >= 4 is 11.8 Å². The van der Waals surface area contributed by atoms with Crippen LogP contribution in [0.5, 0.6) is 5.75 Å². The molecule has 0 bridgehead atoms. The van der Waals surface area contributed by atoms with Crippen LogP contribution in [0.1, 0.15) is 68.4 Å². The fraction of sp³-hybridized carbons (Fsp3) is 0.429. The molecule has 2 amide bonds. The first-order valence-electron chi connectivity index (χ1n) is 11.5. The van der Waals surface area contributed by atoms with Crippen molar-refractivity contribution in [3.63, 3.8) is 0 Å². The lowest BCUT2D eigenvalue weighted by Crippen LogP contribution is -2.48. The van der Waals surface area contributed by atoms with Gasteiger partial charge in [0.25, 0.3) is 5.91 Å². The smallest absolute Gasteiger partial charge is 0.251 e. The van der Waals surface area contributed by atoms with Gasteiger partial charge >= 0.3 is 0 Å². The van der Waals surface area contributed by atoms with Gasteiger partial charge in [-0.2, -0.15) is 10.5 Å². The van der Waals surface area contributed by atoms with Gasteiger partial charge in [-0.25, -0.2) is 0 Å². The van der Waals surface area contributed by atoms with E-state index in [4.69, 9.17) is 4.74 Å². The molecule has 35 heavy (non-hydrogen) atoms. The second-order valence-electron chi connectivity index (χ2n) is 10.4. The SMILES string of the molecule is COc1ccccc1CNC(=O)c1ccccc1C(C(=O)NC(C)(C)CC(C)(C)C)C(C#N)C#N. The summed E-state index contributed by atoms with van der Waals surface area (Å²) in [6.45, 7) is 10.3. The molecule has 0 saturated heterocycles. The van der Waals surface area contributed by atoms with Crippen molar-refractivity contribution in [2.24, 2.45) is 11.3 Å². The minimum Gasteiger partial charge on any atom is -0.496 e. The number of para-hydroxylation sites is 1. The van der Waals surface area contributed by atoms with Crippen molar-refractivity contribution in [2.45, 2.75) is 59.0 Å². The zero-order valence-electron chi connectivity index (χ0n) is 21.3. The molecule has 0 aromatic heterocycles. The Morgan fingerprint density at radius 1 is 0.971 bits per heavy atom. The first kappa shape index (κ1) is 27.4. The molecule has 2 N–H and O–H groups in total. The first-order chi connectivity index (χ1) is 16.4. The maximum absolute atomic E-state index is 13.5. The van der Waals surface area contributed by atoms with Crippen molar-refractivity contribution < 1.29 is 14.3 Å². The number of nitrogens with zero attached hydrogens (tertiary/aromatic N) is 2. The Morgan fingerprint density at radius 3 is 2.17 bits per heavy atom. The predicted molar refractivity (Wildman–Crippen MR) is 134 cm³/mol. The van der Waals surface area contributed by atoms with Crippen LogP contribution in [0.15, 0.2) is 48.5 Å². The molecular formula is C28H34N4O3. The molecule has 0 saturated carbocycles. The quantitative estimate of drug-likeness (QED) is 0.546. The minimum absolute atomic E-state index is 0.0492. The molecule has 0 aliphatic heterocycles. The normalized spacial score (nSPS) is 12.3. The van der Waals surface area contributed by atoms with Crippen LogP contribution in [-0.4, -0.2) is 24.5 Å². The Morgan fingerprint density at radius 2 is 1.57 bits per heavy atom. The highest BCUT2D eigenvalue weighted by molar-refractivity contribution is 5.98. The summed E-state index contributed by atoms with van der Waals surface area (Å²) in [6.07, 6.45) is 0.684. The molecule has 7 heteroatoms. The van der Waals surface area contributed by atoms with E-state index in [1.165, 1.54) is 0 Å². The number of methoxy groups -OCH3 is 1. The number of amides is 2. The number of benzene rings is 2. The van der Waals surface area contributed by atoms with Gasteiger partial charge in [0.1, 0.15) is 11.7 Å². The number of carbonyl (C=O) groups is 2. The molecule has 0 spiro atoms. The molecule has 0 fully saturated rings. The number of nitrogens with one attached hydrogen (secondary N) is 2. The van der Waals surface area contributed by atoms with Gasteiger partial charge in [-0.15, -0.1) is 0 Å². The first-order valence-corrected chi connectivity index (χ1v) is 11.5. The largest absolute Gasteiger partial charge is 0.496 e. The Kier molecular flexibility index (Phi) is 9.03. The van der Waals surface area contributed by atoms with E-state index in [1.54, 1.807) is 37.4 Å². The second-order valence-corrected chi connectivity index (χ2v) is 10.4. The number of hydrogen-bond donors (Lipinski definition) is 2. The molecule has 2 aromatic rings. The van der Waals surface area contributed by atoms with Crippen LogP contribution >= 0.6 is 0 Å². The second kappa shape index (κ2) is 11.5. The fourth-order valence-electron chi connectivity index (χ4n) is 4.53. The summed E-state index contributed by atoms with van der Waals surface area (Å²) < 4.78 is 5.34. The van der Waals surface area contributed by atoms with E-state index in [1.807, 2.05) is 44.2 Å². The third-order valence-electron chi connectivity index (χ3n) is 5.50. The van der Waals surface area contributed by atoms with Gasteiger partial charge in [0, 0.05) is 23.2 Å². The molecular weight excluding hydrogens is 440 g/mol. The van der Waals surface area contributed by atoms with E-state index in [9.17, 15) is 20.1 Å². The molecule has 0 radical (unpaired) electrons. The fourth-order valence-corrected chi connectivity index (χ4v) is 4.53. The zero-order chi connectivity index (χ0) is 26.2. The molecule has 0 aliphatic rings. The van der Waals surface area contributed by atoms with Crippen molar-refractivity contribution in [3.05, 3.63) is 65.2 Å². The molecule has 2 aromatic carbocycles. The average Bonchev–Trinajstić information content (AvgIpc) is 2.79. The van der Waals surface area contributed by atoms with Crippen LogP contribution in [0.2, 0.25) is 0 Å². The van der Waals surface area contributed by atoms with Crippen molar-refractivity contribution in [2.75, 3.05) is 7.11 Å². The van der Waals surface area contributed by atoms with Gasteiger partial charge in [0.2, 0.25) is 5.91 Å². The summed E-state index contributed by atoms with van der Waals surface area (Å²) in [7, 11) is 1.56. The number of hydrogen-bond acceptors (Lipinski definition) is 5. The summed E-state index contributed by atoms with van der Waals surface area (Å²) >= 11 is 0. The summed E-state index contributed by atoms with van der Waals surface area (Å²) in [4.78, 5) is 26.7. The Balaban J connectivity index is 2.39. The van der Waals surface area contributed by atoms with Crippen LogP contribution in [0.4, 0.5) is 0 Å². The van der Waals surface area contributed by atoms with Crippen LogP contribution in [0.3, 0.4) is 0 Å². The van der Waals surface area contributed by atoms with Gasteiger partial charge in [-0.05, 0) is 43.4 Å². The summed E-state index contributed by atoms with van der Waals surface area (Å²) in [5, 5.41) is 25.2. The maximum Gasteiger partial charge on any atom is 0.251 e. The van der Waals surface area contributed by atoms with E-state index >= 15 is 0 Å². The molecule has 7 nitrogen and oxygen atoms in total. The number of carbonyl (C=O) groups excluding carboxylic acids is 2. The van der Waals surface area contributed by atoms with E-state index in [2.05, 4.69) is 31.4 Å². The molecule has 0 heterocycles. The van der Waals surface area contributed by atoms with Crippen molar-refractivity contribution in [3.8, 4) is 17.9 Å². The lowest BCUT2D eigenvalue weighted by atomic mass is 9.80. The summed E-state index contributed by atoms with van der Waals surface area (Å²) in [5.41, 5.74) is 0.746. The monoisotopic (exact) mass is 474 g/mol. The van der Waals surface area contributed by atoms with E-state index in [-0.39, 0.29) is 17.5 Å². The van der Waals surface area contributed by atoms with Crippen LogP contribution in [0, 0.1) is 34.0 Å². The predicted octanol–water partition coefficient (Wildman–Crippen LogP) is 4.70. The van der Waals surface area contributed by atoms with Crippen molar-refractivity contribution in [1.29, 1.82) is 10.5 Å². The zero-order valence-corrected chi connectivity index (χ0v) is 21.3. The Hall–Kier alpha value is -3.84. The highest BCUT2D eigenvalue weighted by Gasteiger charge is 2.36. The standard InChI is InChI=1S/C28H34N4O3/c1-27(2,3)18-28(4,5)32-26(34)24(20(15-29)16-30)21-12-8-9-13-22(21)25(33)31-17-19-11-7-10-14-23(19)35-6/h7-14,20,24H,17-18H2,1-6H3,(H,31,33)(H,32,34). The van der Waals surface area contributed by atoms with Crippen LogP contribution in [-0.2, 0) is 11.3 Å². The minimum atomic E-state index is -1.26. The molecule has 1 unspecified atom stereocenters. The van der Waals surface area contributed by atoms with Crippen molar-refractivity contribution in [1.82, 2.24) is 10.6 Å². The van der Waals surface area contributed by atoms with Gasteiger partial charge in [-0.1, -0.05) is 57.2 Å². The molecule has 0 aliphatic carbocycles. The van der Waals surface area contributed by atoms with E-state index in [0.29, 0.717) is 17.7 Å². The molecule has 184 valence electrons. The van der Waals surface area contributed by atoms with Gasteiger partial charge in [0.05, 0.1) is 25.2 Å². The third kappa shape index (κ3) is 7.58. The van der Waals surface area contributed by atoms with Gasteiger partial charge < -0.3 is 15.4 Å². The third-order valence-corrected chi connectivity index (χ3v) is 5.50. The number of rotatable bonds is 9. The lowest BCUT2D eigenvalue weighted by molar-refractivity contribution is -0.124. The van der Waals surface area contributed by atoms with E-state index < -0.39 is 29.2 Å². The van der Waals surface area contributed by atoms with Gasteiger partial charge in [-0.3, -0.25) is 9.59 Å². The molecule has 2 rings (SSSR count). The van der Waals surface area contributed by atoms with Crippen LogP contribution in [0.25, 0.3) is 0 Å². The molecule has 1 atom stereocenters.